The Balaban J connectivity index is 1.76. The van der Waals surface area contributed by atoms with Crippen molar-refractivity contribution in [2.45, 2.75) is 39.0 Å². The van der Waals surface area contributed by atoms with Gasteiger partial charge >= 0.3 is 0 Å². The van der Waals surface area contributed by atoms with Gasteiger partial charge in [-0.2, -0.15) is 5.26 Å². The SMILES string of the molecule is CC1(C)Cc2c(C#N)c(NCc3ccco3)nc(N3CCOCC3)c2CO1. The smallest absolute Gasteiger partial charge is 0.147 e. The Labute approximate surface area is 158 Å². The summed E-state index contributed by atoms with van der Waals surface area (Å²) < 4.78 is 16.9. The van der Waals surface area contributed by atoms with Gasteiger partial charge in [0, 0.05) is 25.1 Å². The van der Waals surface area contributed by atoms with E-state index >= 15 is 0 Å². The molecule has 0 aliphatic carbocycles. The maximum Gasteiger partial charge on any atom is 0.147 e. The molecular weight excluding hydrogens is 344 g/mol. The Hall–Kier alpha value is -2.56. The summed E-state index contributed by atoms with van der Waals surface area (Å²) >= 11 is 0. The van der Waals surface area contributed by atoms with E-state index in [9.17, 15) is 5.26 Å². The molecule has 142 valence electrons. The van der Waals surface area contributed by atoms with Crippen LogP contribution in [0.25, 0.3) is 0 Å². The van der Waals surface area contributed by atoms with Gasteiger partial charge in [0.1, 0.15) is 23.5 Å². The average molecular weight is 368 g/mol. The zero-order valence-electron chi connectivity index (χ0n) is 15.7. The molecule has 2 aliphatic heterocycles. The van der Waals surface area contributed by atoms with Crippen molar-refractivity contribution in [3.8, 4) is 6.07 Å². The molecule has 4 heterocycles. The molecule has 2 aliphatic rings. The fourth-order valence-corrected chi connectivity index (χ4v) is 3.62. The summed E-state index contributed by atoms with van der Waals surface area (Å²) in [5.41, 5.74) is 2.36. The van der Waals surface area contributed by atoms with Gasteiger partial charge in [0.2, 0.25) is 0 Å². The molecule has 4 rings (SSSR count). The van der Waals surface area contributed by atoms with Crippen LogP contribution in [0, 0.1) is 11.3 Å². The molecule has 27 heavy (non-hydrogen) atoms. The van der Waals surface area contributed by atoms with Crippen molar-refractivity contribution < 1.29 is 13.9 Å². The molecule has 0 spiro atoms. The zero-order chi connectivity index (χ0) is 18.9. The predicted octanol–water partition coefficient (Wildman–Crippen LogP) is 2.85. The summed E-state index contributed by atoms with van der Waals surface area (Å²) in [6.07, 6.45) is 2.32. The van der Waals surface area contributed by atoms with E-state index in [0.29, 0.717) is 44.2 Å². The number of morpholine rings is 1. The monoisotopic (exact) mass is 368 g/mol. The fourth-order valence-electron chi connectivity index (χ4n) is 3.62. The summed E-state index contributed by atoms with van der Waals surface area (Å²) in [4.78, 5) is 7.07. The van der Waals surface area contributed by atoms with Gasteiger partial charge in [-0.15, -0.1) is 0 Å². The number of hydrogen-bond acceptors (Lipinski definition) is 7. The normalized spacial score (nSPS) is 18.6. The lowest BCUT2D eigenvalue weighted by Crippen LogP contribution is -2.40. The molecule has 0 saturated carbocycles. The van der Waals surface area contributed by atoms with Crippen molar-refractivity contribution in [1.82, 2.24) is 4.98 Å². The molecule has 1 saturated heterocycles. The molecule has 7 heteroatoms. The number of fused-ring (bicyclic) bond motifs is 1. The quantitative estimate of drug-likeness (QED) is 0.888. The molecule has 0 aromatic carbocycles. The summed E-state index contributed by atoms with van der Waals surface area (Å²) in [6.45, 7) is 7.99. The Morgan fingerprint density at radius 3 is 2.81 bits per heavy atom. The van der Waals surface area contributed by atoms with Crippen LogP contribution in [-0.2, 0) is 29.0 Å². The molecule has 0 amide bonds. The highest BCUT2D eigenvalue weighted by Crippen LogP contribution is 2.37. The second kappa shape index (κ2) is 7.22. The molecule has 0 radical (unpaired) electrons. The Morgan fingerprint density at radius 1 is 1.30 bits per heavy atom. The minimum absolute atomic E-state index is 0.305. The first-order valence-corrected chi connectivity index (χ1v) is 9.26. The van der Waals surface area contributed by atoms with Crippen LogP contribution >= 0.6 is 0 Å². The third kappa shape index (κ3) is 3.64. The zero-order valence-corrected chi connectivity index (χ0v) is 15.7. The van der Waals surface area contributed by atoms with E-state index < -0.39 is 0 Å². The average Bonchev–Trinajstić information content (AvgIpc) is 3.19. The van der Waals surface area contributed by atoms with Gasteiger partial charge in [-0.3, -0.25) is 0 Å². The van der Waals surface area contributed by atoms with Crippen molar-refractivity contribution in [3.63, 3.8) is 0 Å². The van der Waals surface area contributed by atoms with Crippen LogP contribution in [0.5, 0.6) is 0 Å². The number of furan rings is 1. The van der Waals surface area contributed by atoms with E-state index in [-0.39, 0.29) is 5.60 Å². The Morgan fingerprint density at radius 2 is 2.11 bits per heavy atom. The first-order valence-electron chi connectivity index (χ1n) is 9.26. The molecule has 7 nitrogen and oxygen atoms in total. The van der Waals surface area contributed by atoms with Crippen LogP contribution in [0.15, 0.2) is 22.8 Å². The lowest BCUT2D eigenvalue weighted by atomic mass is 9.89. The number of aromatic nitrogens is 1. The van der Waals surface area contributed by atoms with E-state index in [4.69, 9.17) is 18.9 Å². The molecule has 0 atom stereocenters. The Kier molecular flexibility index (Phi) is 4.77. The minimum atomic E-state index is -0.305. The van der Waals surface area contributed by atoms with Crippen LogP contribution in [0.3, 0.4) is 0 Å². The summed E-state index contributed by atoms with van der Waals surface area (Å²) in [6, 6.07) is 6.12. The van der Waals surface area contributed by atoms with E-state index in [1.807, 2.05) is 12.1 Å². The number of nitrogens with one attached hydrogen (secondary N) is 1. The lowest BCUT2D eigenvalue weighted by molar-refractivity contribution is -0.0401. The standard InChI is InChI=1S/C20H24N4O3/c1-20(2)10-15-16(11-21)18(22-12-14-4-3-7-26-14)23-19(17(15)13-27-20)24-5-8-25-9-6-24/h3-4,7H,5-6,8-10,12-13H2,1-2H3,(H,22,23). The third-order valence-corrected chi connectivity index (χ3v) is 5.03. The van der Waals surface area contributed by atoms with E-state index in [0.717, 1.165) is 35.8 Å². The van der Waals surface area contributed by atoms with E-state index in [1.165, 1.54) is 0 Å². The minimum Gasteiger partial charge on any atom is -0.467 e. The largest absolute Gasteiger partial charge is 0.467 e. The number of nitrogens with zero attached hydrogens (tertiary/aromatic N) is 3. The van der Waals surface area contributed by atoms with Crippen molar-refractivity contribution in [3.05, 3.63) is 40.8 Å². The highest BCUT2D eigenvalue weighted by atomic mass is 16.5. The van der Waals surface area contributed by atoms with Crippen LogP contribution in [-0.4, -0.2) is 36.9 Å². The molecule has 2 aromatic heterocycles. The van der Waals surface area contributed by atoms with Crippen molar-refractivity contribution >= 4 is 11.6 Å². The number of anilines is 2. The first-order chi connectivity index (χ1) is 13.1. The summed E-state index contributed by atoms with van der Waals surface area (Å²) in [7, 11) is 0. The van der Waals surface area contributed by atoms with Gasteiger partial charge in [-0.25, -0.2) is 4.98 Å². The molecule has 2 aromatic rings. The van der Waals surface area contributed by atoms with Gasteiger partial charge < -0.3 is 24.1 Å². The van der Waals surface area contributed by atoms with Gasteiger partial charge in [-0.05, 0) is 31.5 Å². The number of ether oxygens (including phenoxy) is 2. The molecule has 0 unspecified atom stereocenters. The van der Waals surface area contributed by atoms with Crippen LogP contribution in [0.2, 0.25) is 0 Å². The second-order valence-electron chi connectivity index (χ2n) is 7.49. The highest BCUT2D eigenvalue weighted by molar-refractivity contribution is 5.67. The van der Waals surface area contributed by atoms with E-state index in [1.54, 1.807) is 6.26 Å². The van der Waals surface area contributed by atoms with Gasteiger partial charge in [0.25, 0.3) is 0 Å². The topological polar surface area (TPSA) is 83.6 Å². The Bertz CT molecular complexity index is 849. The number of nitriles is 1. The third-order valence-electron chi connectivity index (χ3n) is 5.03. The van der Waals surface area contributed by atoms with Crippen LogP contribution < -0.4 is 10.2 Å². The van der Waals surface area contributed by atoms with Crippen LogP contribution in [0.4, 0.5) is 11.6 Å². The van der Waals surface area contributed by atoms with Crippen LogP contribution in [0.1, 0.15) is 36.3 Å². The maximum absolute atomic E-state index is 9.88. The van der Waals surface area contributed by atoms with Crippen molar-refractivity contribution in [2.24, 2.45) is 0 Å². The molecule has 1 fully saturated rings. The fraction of sp³-hybridized carbons (Fsp3) is 0.500. The lowest BCUT2D eigenvalue weighted by Gasteiger charge is -2.37. The van der Waals surface area contributed by atoms with Crippen molar-refractivity contribution in [1.29, 1.82) is 5.26 Å². The maximum atomic E-state index is 9.88. The van der Waals surface area contributed by atoms with Crippen molar-refractivity contribution in [2.75, 3.05) is 36.5 Å². The predicted molar refractivity (Wildman–Crippen MR) is 101 cm³/mol. The van der Waals surface area contributed by atoms with Gasteiger partial charge in [0.15, 0.2) is 0 Å². The van der Waals surface area contributed by atoms with Gasteiger partial charge in [0.05, 0.1) is 43.8 Å². The number of pyridine rings is 1. The second-order valence-corrected chi connectivity index (χ2v) is 7.49. The molecular formula is C20H24N4O3. The summed E-state index contributed by atoms with van der Waals surface area (Å²) in [5, 5.41) is 13.2. The molecule has 1 N–H and O–H groups in total. The highest BCUT2D eigenvalue weighted by Gasteiger charge is 2.33. The summed E-state index contributed by atoms with van der Waals surface area (Å²) in [5.74, 6) is 2.30. The number of hydrogen-bond donors (Lipinski definition) is 1. The number of rotatable bonds is 4. The van der Waals surface area contributed by atoms with Gasteiger partial charge in [-0.1, -0.05) is 0 Å². The molecule has 0 bridgehead atoms. The first kappa shape index (κ1) is 17.8. The van der Waals surface area contributed by atoms with E-state index in [2.05, 4.69) is 30.1 Å².